The predicted octanol–water partition coefficient (Wildman–Crippen LogP) is 3.76. The highest BCUT2D eigenvalue weighted by atomic mass is 16.2. The number of carbonyl (C=O) groups excluding carboxylic acids is 1. The van der Waals surface area contributed by atoms with Crippen molar-refractivity contribution < 1.29 is 4.79 Å². The summed E-state index contributed by atoms with van der Waals surface area (Å²) in [5.41, 5.74) is 9.54. The van der Waals surface area contributed by atoms with E-state index >= 15 is 0 Å². The van der Waals surface area contributed by atoms with Crippen molar-refractivity contribution in [2.75, 3.05) is 5.73 Å². The summed E-state index contributed by atoms with van der Waals surface area (Å²) < 4.78 is 4.67. The van der Waals surface area contributed by atoms with Crippen molar-refractivity contribution in [3.05, 3.63) is 112 Å². The number of carbonyl (C=O) groups is 1. The van der Waals surface area contributed by atoms with Crippen molar-refractivity contribution in [1.82, 2.24) is 39.2 Å². The summed E-state index contributed by atoms with van der Waals surface area (Å²) in [5.74, 6) is 6.27. The number of nitrogens with two attached hydrogens (primary N) is 1. The highest BCUT2D eigenvalue weighted by Crippen LogP contribution is 2.23. The number of nitrogens with zero attached hydrogens (tertiary/aromatic N) is 7. The lowest BCUT2D eigenvalue weighted by molar-refractivity contribution is 0.0940. The van der Waals surface area contributed by atoms with E-state index in [9.17, 15) is 9.59 Å². The number of amides is 1. The molecule has 1 amide bonds. The molecule has 0 aliphatic rings. The Hall–Kier alpha value is -5.76. The van der Waals surface area contributed by atoms with E-state index in [-0.39, 0.29) is 22.9 Å². The standard InChI is InChI=1S/C32H29N9O2/c1-19(2)24-15-16-40-30(36-24)27(28(33)38-40)31(42)35-20(3)29-37-25-12-8-9-22(14-13-21-17-34-39(4)18-21)26(25)32(43)41(29)23-10-6-5-7-11-23/h5-12,15-20H,1-4H3,(H2,33,38)(H,35,42)/t20-/m1/s1. The molecule has 1 atom stereocenters. The molecular formula is C32H29N9O2. The fourth-order valence-corrected chi connectivity index (χ4v) is 4.93. The zero-order valence-corrected chi connectivity index (χ0v) is 24.1. The first-order chi connectivity index (χ1) is 20.7. The second-order valence-corrected chi connectivity index (χ2v) is 10.5. The average Bonchev–Trinajstić information content (AvgIpc) is 3.56. The second-order valence-electron chi connectivity index (χ2n) is 10.5. The lowest BCUT2D eigenvalue weighted by Crippen LogP contribution is -2.33. The van der Waals surface area contributed by atoms with Crippen LogP contribution in [0.1, 0.15) is 65.7 Å². The molecule has 11 heteroatoms. The number of nitrogen functional groups attached to an aromatic ring is 1. The molecule has 0 aliphatic heterocycles. The quantitative estimate of drug-likeness (QED) is 0.301. The number of nitrogens with one attached hydrogen (secondary N) is 1. The van der Waals surface area contributed by atoms with Crippen LogP contribution < -0.4 is 16.6 Å². The molecule has 0 fully saturated rings. The number of anilines is 1. The molecule has 0 radical (unpaired) electrons. The summed E-state index contributed by atoms with van der Waals surface area (Å²) in [7, 11) is 1.82. The van der Waals surface area contributed by atoms with Gasteiger partial charge in [-0.05, 0) is 43.2 Å². The van der Waals surface area contributed by atoms with Gasteiger partial charge in [-0.25, -0.2) is 14.5 Å². The number of aryl methyl sites for hydroxylation is 1. The Labute approximate surface area is 247 Å². The van der Waals surface area contributed by atoms with Crippen LogP contribution in [0.2, 0.25) is 0 Å². The van der Waals surface area contributed by atoms with Gasteiger partial charge in [-0.3, -0.25) is 18.8 Å². The van der Waals surface area contributed by atoms with Gasteiger partial charge >= 0.3 is 0 Å². The topological polar surface area (TPSA) is 138 Å². The molecule has 6 rings (SSSR count). The van der Waals surface area contributed by atoms with Crippen molar-refractivity contribution >= 4 is 28.3 Å². The van der Waals surface area contributed by atoms with Crippen molar-refractivity contribution in [2.24, 2.45) is 7.05 Å². The van der Waals surface area contributed by atoms with E-state index < -0.39 is 11.9 Å². The van der Waals surface area contributed by atoms with E-state index in [1.165, 1.54) is 9.08 Å². The number of aromatic nitrogens is 7. The summed E-state index contributed by atoms with van der Waals surface area (Å²) >= 11 is 0. The SMILES string of the molecule is CC(C)c1ccn2nc(N)c(C(=O)N[C@H](C)c3nc4cccc(C#Cc5cnn(C)c5)c4c(=O)n3-c3ccccc3)c2n1. The number of hydrogen-bond donors (Lipinski definition) is 2. The van der Waals surface area contributed by atoms with Crippen molar-refractivity contribution in [1.29, 1.82) is 0 Å². The highest BCUT2D eigenvalue weighted by molar-refractivity contribution is 6.04. The lowest BCUT2D eigenvalue weighted by atomic mass is 10.1. The molecular weight excluding hydrogens is 542 g/mol. The number of benzene rings is 2. The van der Waals surface area contributed by atoms with Gasteiger partial charge in [0.2, 0.25) is 0 Å². The molecule has 3 N–H and O–H groups in total. The number of para-hydroxylation sites is 1. The van der Waals surface area contributed by atoms with Crippen LogP contribution in [-0.2, 0) is 7.05 Å². The van der Waals surface area contributed by atoms with E-state index in [1.807, 2.05) is 57.3 Å². The molecule has 0 unspecified atom stereocenters. The van der Waals surface area contributed by atoms with Crippen molar-refractivity contribution in [3.8, 4) is 17.5 Å². The Morgan fingerprint density at radius 1 is 1.00 bits per heavy atom. The number of rotatable bonds is 5. The zero-order valence-electron chi connectivity index (χ0n) is 24.1. The first-order valence-electron chi connectivity index (χ1n) is 13.8. The van der Waals surface area contributed by atoms with Crippen LogP contribution in [-0.4, -0.2) is 39.8 Å². The van der Waals surface area contributed by atoms with Crippen LogP contribution in [0.5, 0.6) is 0 Å². The van der Waals surface area contributed by atoms with Crippen molar-refractivity contribution in [2.45, 2.75) is 32.7 Å². The van der Waals surface area contributed by atoms with Gasteiger partial charge in [0.25, 0.3) is 11.5 Å². The van der Waals surface area contributed by atoms with Gasteiger partial charge in [0, 0.05) is 30.7 Å². The minimum atomic E-state index is -0.697. The lowest BCUT2D eigenvalue weighted by Gasteiger charge is -2.20. The van der Waals surface area contributed by atoms with Crippen LogP contribution in [0.25, 0.3) is 22.2 Å². The number of fused-ring (bicyclic) bond motifs is 2. The van der Waals surface area contributed by atoms with Crippen LogP contribution in [0, 0.1) is 11.8 Å². The van der Waals surface area contributed by atoms with Gasteiger partial charge in [0.1, 0.15) is 11.4 Å². The van der Waals surface area contributed by atoms with E-state index in [0.717, 1.165) is 11.3 Å². The predicted molar refractivity (Wildman–Crippen MR) is 164 cm³/mol. The van der Waals surface area contributed by atoms with E-state index in [4.69, 9.17) is 10.7 Å². The van der Waals surface area contributed by atoms with Gasteiger partial charge in [-0.2, -0.15) is 5.10 Å². The Balaban J connectivity index is 1.46. The minimum absolute atomic E-state index is 0.0573. The third kappa shape index (κ3) is 5.10. The Bertz CT molecular complexity index is 2130. The molecule has 6 aromatic rings. The first kappa shape index (κ1) is 27.4. The van der Waals surface area contributed by atoms with Crippen LogP contribution in [0.4, 0.5) is 5.82 Å². The molecule has 0 bridgehead atoms. The third-order valence-corrected chi connectivity index (χ3v) is 7.07. The molecule has 214 valence electrons. The first-order valence-corrected chi connectivity index (χ1v) is 13.8. The summed E-state index contributed by atoms with van der Waals surface area (Å²) in [6.45, 7) is 5.81. The fraction of sp³-hybridized carbons (Fsp3) is 0.188. The zero-order chi connectivity index (χ0) is 30.2. The highest BCUT2D eigenvalue weighted by Gasteiger charge is 2.25. The molecule has 2 aromatic carbocycles. The third-order valence-electron chi connectivity index (χ3n) is 7.07. The van der Waals surface area contributed by atoms with Crippen molar-refractivity contribution in [3.63, 3.8) is 0 Å². The van der Waals surface area contributed by atoms with Gasteiger partial charge < -0.3 is 11.1 Å². The molecule has 43 heavy (non-hydrogen) atoms. The van der Waals surface area contributed by atoms with Crippen LogP contribution >= 0.6 is 0 Å². The van der Waals surface area contributed by atoms with Gasteiger partial charge in [-0.15, -0.1) is 5.10 Å². The molecule has 0 spiro atoms. The Kier molecular flexibility index (Phi) is 6.95. The molecule has 4 heterocycles. The van der Waals surface area contributed by atoms with Crippen LogP contribution in [0.15, 0.2) is 78.0 Å². The van der Waals surface area contributed by atoms with Crippen LogP contribution in [0.3, 0.4) is 0 Å². The molecule has 11 nitrogen and oxygen atoms in total. The van der Waals surface area contributed by atoms with Gasteiger partial charge in [0.15, 0.2) is 11.5 Å². The number of hydrogen-bond acceptors (Lipinski definition) is 7. The summed E-state index contributed by atoms with van der Waals surface area (Å²) in [5, 5.41) is 11.8. The average molecular weight is 572 g/mol. The smallest absolute Gasteiger partial charge is 0.267 e. The van der Waals surface area contributed by atoms with Gasteiger partial charge in [0.05, 0.1) is 34.4 Å². The van der Waals surface area contributed by atoms with Gasteiger partial charge in [-0.1, -0.05) is 50.0 Å². The maximum absolute atomic E-state index is 14.2. The Morgan fingerprint density at radius 2 is 1.79 bits per heavy atom. The second kappa shape index (κ2) is 10.9. The van der Waals surface area contributed by atoms with E-state index in [0.29, 0.717) is 33.6 Å². The fourth-order valence-electron chi connectivity index (χ4n) is 4.93. The minimum Gasteiger partial charge on any atom is -0.381 e. The molecule has 0 saturated carbocycles. The summed E-state index contributed by atoms with van der Waals surface area (Å²) in [6.07, 6.45) is 5.20. The van der Waals surface area contributed by atoms with E-state index in [2.05, 4.69) is 32.3 Å². The normalized spacial score (nSPS) is 11.9. The summed E-state index contributed by atoms with van der Waals surface area (Å²) in [4.78, 5) is 37.4. The monoisotopic (exact) mass is 571 g/mol. The van der Waals surface area contributed by atoms with E-state index in [1.54, 1.807) is 48.4 Å². The molecule has 0 aliphatic carbocycles. The maximum atomic E-state index is 14.2. The Morgan fingerprint density at radius 3 is 2.51 bits per heavy atom. The maximum Gasteiger partial charge on any atom is 0.267 e. The molecule has 4 aromatic heterocycles. The molecule has 0 saturated heterocycles. The largest absolute Gasteiger partial charge is 0.381 e. The summed E-state index contributed by atoms with van der Waals surface area (Å²) in [6, 6.07) is 15.7.